The monoisotopic (exact) mass is 567 g/mol. The van der Waals surface area contributed by atoms with Gasteiger partial charge in [-0.2, -0.15) is 14.7 Å². The number of carbonyl (C=O) groups excluding carboxylic acids is 1. The molecule has 39 heavy (non-hydrogen) atoms. The van der Waals surface area contributed by atoms with Gasteiger partial charge >= 0.3 is 0 Å². The molecule has 10 nitrogen and oxygen atoms in total. The van der Waals surface area contributed by atoms with Crippen molar-refractivity contribution in [1.82, 2.24) is 19.4 Å². The van der Waals surface area contributed by atoms with E-state index in [1.54, 1.807) is 36.9 Å². The van der Waals surface area contributed by atoms with Gasteiger partial charge in [-0.05, 0) is 36.8 Å². The number of rotatable bonds is 9. The van der Waals surface area contributed by atoms with Crippen LogP contribution in [0.3, 0.4) is 0 Å². The van der Waals surface area contributed by atoms with E-state index in [9.17, 15) is 26.9 Å². The molecule has 2 heterocycles. The van der Waals surface area contributed by atoms with Crippen molar-refractivity contribution >= 4 is 31.8 Å². The first-order valence-corrected chi connectivity index (χ1v) is 15.7. The number of nitrogens with one attached hydrogen (secondary N) is 1. The van der Waals surface area contributed by atoms with Crippen LogP contribution in [0.25, 0.3) is 23.0 Å². The molecule has 204 valence electrons. The van der Waals surface area contributed by atoms with E-state index in [1.165, 1.54) is 22.5 Å². The van der Waals surface area contributed by atoms with Crippen LogP contribution in [0.1, 0.15) is 25.8 Å². The predicted molar refractivity (Wildman–Crippen MR) is 148 cm³/mol. The molecule has 0 saturated carbocycles. The Morgan fingerprint density at radius 3 is 2.51 bits per heavy atom. The van der Waals surface area contributed by atoms with Gasteiger partial charge < -0.3 is 5.32 Å². The van der Waals surface area contributed by atoms with Gasteiger partial charge in [0.15, 0.2) is 9.84 Å². The van der Waals surface area contributed by atoms with Gasteiger partial charge in [-0.1, -0.05) is 44.2 Å². The van der Waals surface area contributed by atoms with Gasteiger partial charge in [0.2, 0.25) is 10.0 Å². The summed E-state index contributed by atoms with van der Waals surface area (Å²) < 4.78 is 52.8. The maximum atomic E-state index is 13.2. The Bertz CT molecular complexity index is 1650. The highest BCUT2D eigenvalue weighted by molar-refractivity contribution is 7.91. The standard InChI is InChI=1S/C27H29N5O5S2/c1-3-31(4-2)39(36,37)25-12-8-9-20(16-25)26-22(18-32(30-26)24-10-6-5-7-11-24)15-21(17-28)27(33)29-23-13-14-38(34,35)19-23/h5-12,15-16,18,23H,3-4,13-14,19H2,1-2H3,(H,29,33). The van der Waals surface area contributed by atoms with Crippen LogP contribution in [0, 0.1) is 11.3 Å². The highest BCUT2D eigenvalue weighted by Gasteiger charge is 2.30. The Kier molecular flexibility index (Phi) is 8.34. The minimum absolute atomic E-state index is 0.00964. The molecule has 0 radical (unpaired) electrons. The molecule has 1 fully saturated rings. The van der Waals surface area contributed by atoms with Crippen LogP contribution in [0.15, 0.2) is 71.3 Å². The molecule has 1 saturated heterocycles. The number of hydrogen-bond donors (Lipinski definition) is 1. The van der Waals surface area contributed by atoms with Gasteiger partial charge in [-0.15, -0.1) is 0 Å². The van der Waals surface area contributed by atoms with E-state index >= 15 is 0 Å². The van der Waals surface area contributed by atoms with Crippen molar-refractivity contribution in [2.24, 2.45) is 0 Å². The number of benzene rings is 2. The summed E-state index contributed by atoms with van der Waals surface area (Å²) in [6.07, 6.45) is 3.32. The van der Waals surface area contributed by atoms with Crippen LogP contribution in [0.4, 0.5) is 0 Å². The average molecular weight is 568 g/mol. The Morgan fingerprint density at radius 2 is 1.90 bits per heavy atom. The lowest BCUT2D eigenvalue weighted by Crippen LogP contribution is -2.36. The minimum atomic E-state index is -3.74. The number of nitrogens with zero attached hydrogens (tertiary/aromatic N) is 4. The number of hydrogen-bond acceptors (Lipinski definition) is 7. The summed E-state index contributed by atoms with van der Waals surface area (Å²) in [5.41, 5.74) is 1.79. The summed E-state index contributed by atoms with van der Waals surface area (Å²) in [4.78, 5) is 13.0. The van der Waals surface area contributed by atoms with Crippen LogP contribution in [0.5, 0.6) is 0 Å². The molecule has 0 spiro atoms. The van der Waals surface area contributed by atoms with Gasteiger partial charge in [-0.25, -0.2) is 21.5 Å². The van der Waals surface area contributed by atoms with Crippen LogP contribution in [0.2, 0.25) is 0 Å². The molecule has 0 bridgehead atoms. The van der Waals surface area contributed by atoms with E-state index in [1.807, 2.05) is 36.4 Å². The number of nitriles is 1. The maximum absolute atomic E-state index is 13.2. The second-order valence-corrected chi connectivity index (χ2v) is 13.2. The SMILES string of the molecule is CCN(CC)S(=O)(=O)c1cccc(-c2nn(-c3ccccc3)cc2C=C(C#N)C(=O)NC2CCS(=O)(=O)C2)c1. The Morgan fingerprint density at radius 1 is 1.18 bits per heavy atom. The molecule has 1 aromatic heterocycles. The van der Waals surface area contributed by atoms with Crippen LogP contribution in [-0.2, 0) is 24.7 Å². The fourth-order valence-corrected chi connectivity index (χ4v) is 7.60. The number of para-hydroxylation sites is 1. The van der Waals surface area contributed by atoms with Gasteiger partial charge in [0, 0.05) is 36.5 Å². The molecule has 4 rings (SSSR count). The van der Waals surface area contributed by atoms with E-state index in [-0.39, 0.29) is 28.4 Å². The molecule has 1 atom stereocenters. The summed E-state index contributed by atoms with van der Waals surface area (Å²) in [5.74, 6) is -0.858. The van der Waals surface area contributed by atoms with Gasteiger partial charge in [0.05, 0.1) is 22.1 Å². The number of sulfonamides is 1. The third kappa shape index (κ3) is 6.27. The van der Waals surface area contributed by atoms with Crippen LogP contribution < -0.4 is 5.32 Å². The van der Waals surface area contributed by atoms with Crippen molar-refractivity contribution < 1.29 is 21.6 Å². The number of carbonyl (C=O) groups is 1. The Labute approximate surface area is 228 Å². The molecular weight excluding hydrogens is 538 g/mol. The highest BCUT2D eigenvalue weighted by Crippen LogP contribution is 2.29. The molecule has 1 aliphatic rings. The van der Waals surface area contributed by atoms with Crippen LogP contribution in [-0.4, -0.2) is 67.5 Å². The zero-order valence-corrected chi connectivity index (χ0v) is 23.2. The fraction of sp³-hybridized carbons (Fsp3) is 0.296. The summed E-state index contributed by atoms with van der Waals surface area (Å²) in [6, 6.07) is 16.9. The quantitative estimate of drug-likeness (QED) is 0.309. The smallest absolute Gasteiger partial charge is 0.262 e. The molecule has 0 aliphatic carbocycles. The molecule has 1 aliphatic heterocycles. The largest absolute Gasteiger partial charge is 0.348 e. The molecular formula is C27H29N5O5S2. The van der Waals surface area contributed by atoms with Crippen molar-refractivity contribution in [3.8, 4) is 23.0 Å². The topological polar surface area (TPSA) is 142 Å². The summed E-state index contributed by atoms with van der Waals surface area (Å²) in [7, 11) is -6.95. The predicted octanol–water partition coefficient (Wildman–Crippen LogP) is 2.78. The van der Waals surface area contributed by atoms with E-state index in [0.29, 0.717) is 29.9 Å². The maximum Gasteiger partial charge on any atom is 0.262 e. The first-order chi connectivity index (χ1) is 18.6. The van der Waals surface area contributed by atoms with Gasteiger partial charge in [0.1, 0.15) is 17.3 Å². The molecule has 2 aromatic carbocycles. The Balaban J connectivity index is 1.78. The zero-order valence-electron chi connectivity index (χ0n) is 21.6. The van der Waals surface area contributed by atoms with E-state index in [4.69, 9.17) is 0 Å². The second kappa shape index (κ2) is 11.5. The molecule has 3 aromatic rings. The summed E-state index contributed by atoms with van der Waals surface area (Å²) >= 11 is 0. The lowest BCUT2D eigenvalue weighted by atomic mass is 10.1. The fourth-order valence-electron chi connectivity index (χ4n) is 4.42. The second-order valence-electron chi connectivity index (χ2n) is 9.07. The molecule has 12 heteroatoms. The summed E-state index contributed by atoms with van der Waals surface area (Å²) in [6.45, 7) is 4.18. The zero-order chi connectivity index (χ0) is 28.2. The van der Waals surface area contributed by atoms with E-state index in [0.717, 1.165) is 5.69 Å². The lowest BCUT2D eigenvalue weighted by molar-refractivity contribution is -0.117. The molecule has 1 unspecified atom stereocenters. The number of aromatic nitrogens is 2. The first kappa shape index (κ1) is 28.2. The average Bonchev–Trinajstić information content (AvgIpc) is 3.50. The molecule has 1 N–H and O–H groups in total. The van der Waals surface area contributed by atoms with E-state index in [2.05, 4.69) is 10.4 Å². The minimum Gasteiger partial charge on any atom is -0.348 e. The molecule has 1 amide bonds. The van der Waals surface area contributed by atoms with Crippen LogP contribution >= 0.6 is 0 Å². The van der Waals surface area contributed by atoms with Crippen molar-refractivity contribution in [2.45, 2.75) is 31.2 Å². The lowest BCUT2D eigenvalue weighted by Gasteiger charge is -2.18. The van der Waals surface area contributed by atoms with Crippen molar-refractivity contribution in [1.29, 1.82) is 5.26 Å². The van der Waals surface area contributed by atoms with Gasteiger partial charge in [0.25, 0.3) is 5.91 Å². The van der Waals surface area contributed by atoms with Crippen molar-refractivity contribution in [3.63, 3.8) is 0 Å². The summed E-state index contributed by atoms with van der Waals surface area (Å²) in [5, 5.41) is 17.1. The highest BCUT2D eigenvalue weighted by atomic mass is 32.2. The third-order valence-corrected chi connectivity index (χ3v) is 10.3. The number of amides is 1. The Hall–Kier alpha value is -3.79. The van der Waals surface area contributed by atoms with Crippen molar-refractivity contribution in [2.75, 3.05) is 24.6 Å². The van der Waals surface area contributed by atoms with Crippen molar-refractivity contribution in [3.05, 3.63) is 71.9 Å². The normalized spacial score (nSPS) is 17.2. The van der Waals surface area contributed by atoms with E-state index < -0.39 is 31.8 Å². The number of sulfone groups is 1. The third-order valence-electron chi connectivity index (χ3n) is 6.45. The van der Waals surface area contributed by atoms with Gasteiger partial charge in [-0.3, -0.25) is 4.79 Å². The first-order valence-electron chi connectivity index (χ1n) is 12.5.